The molecule has 0 radical (unpaired) electrons. The third kappa shape index (κ3) is 2.38. The number of halogens is 2. The number of amides is 2. The highest BCUT2D eigenvalue weighted by Gasteiger charge is 2.40. The van der Waals surface area contributed by atoms with Gasteiger partial charge in [0.15, 0.2) is 0 Å². The predicted molar refractivity (Wildman–Crippen MR) is 100 cm³/mol. The molecular formula is C15H7Br2N3O2S2. The minimum absolute atomic E-state index is 0.325. The normalized spacial score (nSPS) is 13.7. The monoisotopic (exact) mass is 483 g/mol. The van der Waals surface area contributed by atoms with E-state index in [9.17, 15) is 9.59 Å². The summed E-state index contributed by atoms with van der Waals surface area (Å²) in [6.45, 7) is 0. The summed E-state index contributed by atoms with van der Waals surface area (Å²) in [5.41, 5.74) is 1.54. The highest BCUT2D eigenvalue weighted by atomic mass is 79.9. The Balaban J connectivity index is 2.02. The average Bonchev–Trinajstić information content (AvgIpc) is 3.24. The maximum absolute atomic E-state index is 12.6. The van der Waals surface area contributed by atoms with E-state index in [-0.39, 0.29) is 11.8 Å². The van der Waals surface area contributed by atoms with Gasteiger partial charge < -0.3 is 0 Å². The first-order valence-corrected chi connectivity index (χ1v) is 9.93. The van der Waals surface area contributed by atoms with Crippen molar-refractivity contribution in [3.05, 3.63) is 43.0 Å². The summed E-state index contributed by atoms with van der Waals surface area (Å²) in [7, 11) is 1.48. The highest BCUT2D eigenvalue weighted by Crippen LogP contribution is 2.40. The van der Waals surface area contributed by atoms with Crippen LogP contribution in [0.25, 0.3) is 21.1 Å². The lowest BCUT2D eigenvalue weighted by molar-refractivity contribution is 0.0693. The van der Waals surface area contributed by atoms with Gasteiger partial charge in [0.2, 0.25) is 0 Å². The lowest BCUT2D eigenvalue weighted by Crippen LogP contribution is -2.24. The maximum atomic E-state index is 12.6. The van der Waals surface area contributed by atoms with Crippen LogP contribution in [-0.4, -0.2) is 34.0 Å². The van der Waals surface area contributed by atoms with Crippen molar-refractivity contribution in [2.75, 3.05) is 7.05 Å². The Morgan fingerprint density at radius 2 is 1.25 bits per heavy atom. The molecular weight excluding hydrogens is 478 g/mol. The van der Waals surface area contributed by atoms with Crippen LogP contribution < -0.4 is 0 Å². The molecule has 3 aromatic heterocycles. The molecule has 0 saturated heterocycles. The van der Waals surface area contributed by atoms with Crippen LogP contribution >= 0.6 is 54.5 Å². The number of carbonyl (C=O) groups is 2. The first kappa shape index (κ1) is 16.1. The van der Waals surface area contributed by atoms with Crippen molar-refractivity contribution in [2.24, 2.45) is 0 Å². The van der Waals surface area contributed by atoms with Crippen LogP contribution in [0.15, 0.2) is 31.8 Å². The lowest BCUT2D eigenvalue weighted by Gasteiger charge is -2.05. The van der Waals surface area contributed by atoms with E-state index >= 15 is 0 Å². The van der Waals surface area contributed by atoms with Gasteiger partial charge in [-0.1, -0.05) is 0 Å². The van der Waals surface area contributed by atoms with Crippen LogP contribution in [-0.2, 0) is 0 Å². The zero-order chi connectivity index (χ0) is 17.0. The second-order valence-corrected chi connectivity index (χ2v) is 9.95. The van der Waals surface area contributed by atoms with Gasteiger partial charge in [-0.25, -0.2) is 0 Å². The molecule has 0 fully saturated rings. The molecule has 0 saturated carbocycles. The van der Waals surface area contributed by atoms with Gasteiger partial charge in [0, 0.05) is 7.05 Å². The van der Waals surface area contributed by atoms with E-state index in [0.29, 0.717) is 22.5 Å². The van der Waals surface area contributed by atoms with E-state index in [0.717, 1.165) is 22.2 Å². The molecule has 24 heavy (non-hydrogen) atoms. The van der Waals surface area contributed by atoms with Crippen molar-refractivity contribution in [1.82, 2.24) is 15.1 Å². The molecule has 120 valence electrons. The van der Waals surface area contributed by atoms with Crippen LogP contribution in [0.2, 0.25) is 0 Å². The smallest absolute Gasteiger partial charge is 0.263 e. The fraction of sp³-hybridized carbons (Fsp3) is 0.0667. The van der Waals surface area contributed by atoms with E-state index in [4.69, 9.17) is 0 Å². The summed E-state index contributed by atoms with van der Waals surface area (Å²) in [4.78, 5) is 27.9. The fourth-order valence-electron chi connectivity index (χ4n) is 2.51. The van der Waals surface area contributed by atoms with Gasteiger partial charge in [0.1, 0.15) is 11.4 Å². The second-order valence-electron chi connectivity index (χ2n) is 5.02. The summed E-state index contributed by atoms with van der Waals surface area (Å²) in [6.07, 6.45) is 0. The Kier molecular flexibility index (Phi) is 3.91. The molecule has 5 nitrogen and oxygen atoms in total. The molecule has 0 spiro atoms. The Bertz CT molecular complexity index is 933. The van der Waals surface area contributed by atoms with Crippen LogP contribution in [0.1, 0.15) is 20.7 Å². The number of aromatic nitrogens is 2. The van der Waals surface area contributed by atoms with Crippen molar-refractivity contribution in [3.63, 3.8) is 0 Å². The van der Waals surface area contributed by atoms with Gasteiger partial charge in [-0.2, -0.15) is 0 Å². The SMILES string of the molecule is CN1C(=O)c2c(-c3ccc(Br)s3)nnc(-c3ccc(Br)s3)c2C1=O. The van der Waals surface area contributed by atoms with Crippen molar-refractivity contribution in [2.45, 2.75) is 0 Å². The number of hydrogen-bond donors (Lipinski definition) is 0. The minimum atomic E-state index is -0.346. The van der Waals surface area contributed by atoms with Crippen molar-refractivity contribution < 1.29 is 9.59 Å². The molecule has 0 aliphatic carbocycles. The third-order valence-corrected chi connectivity index (χ3v) is 6.88. The van der Waals surface area contributed by atoms with E-state index < -0.39 is 0 Å². The topological polar surface area (TPSA) is 63.2 Å². The Labute approximate surface area is 161 Å². The molecule has 9 heteroatoms. The van der Waals surface area contributed by atoms with Gasteiger partial charge in [-0.3, -0.25) is 14.5 Å². The minimum Gasteiger partial charge on any atom is -0.277 e. The third-order valence-electron chi connectivity index (χ3n) is 3.62. The zero-order valence-corrected chi connectivity index (χ0v) is 16.8. The van der Waals surface area contributed by atoms with Crippen molar-refractivity contribution >= 4 is 66.3 Å². The molecule has 0 atom stereocenters. The van der Waals surface area contributed by atoms with E-state index in [1.165, 1.54) is 29.7 Å². The van der Waals surface area contributed by atoms with Crippen LogP contribution in [0.3, 0.4) is 0 Å². The summed E-state index contributed by atoms with van der Waals surface area (Å²) >= 11 is 9.70. The lowest BCUT2D eigenvalue weighted by atomic mass is 10.1. The number of thiophene rings is 2. The molecule has 2 amide bonds. The molecule has 0 N–H and O–H groups in total. The fourth-order valence-corrected chi connectivity index (χ4v) is 5.26. The van der Waals surface area contributed by atoms with Crippen molar-refractivity contribution in [1.29, 1.82) is 0 Å². The Morgan fingerprint density at radius 3 is 1.58 bits per heavy atom. The number of hydrogen-bond acceptors (Lipinski definition) is 6. The number of carbonyl (C=O) groups excluding carboxylic acids is 2. The largest absolute Gasteiger partial charge is 0.277 e. The predicted octanol–water partition coefficient (Wildman–Crippen LogP) is 4.68. The second kappa shape index (κ2) is 5.83. The van der Waals surface area contributed by atoms with Crippen LogP contribution in [0.4, 0.5) is 0 Å². The highest BCUT2D eigenvalue weighted by molar-refractivity contribution is 9.11. The van der Waals surface area contributed by atoms with Gasteiger partial charge in [-0.15, -0.1) is 32.9 Å². The first-order valence-electron chi connectivity index (χ1n) is 6.72. The molecule has 4 heterocycles. The standard InChI is InChI=1S/C15H7Br2N3O2S2/c1-20-14(21)10-11(15(20)22)13(7-3-5-9(17)24-7)19-18-12(10)6-2-4-8(16)23-6/h2-5H,1H3. The Hall–Kier alpha value is -1.42. The van der Waals surface area contributed by atoms with Gasteiger partial charge in [0.25, 0.3) is 11.8 Å². The van der Waals surface area contributed by atoms with E-state index in [1.54, 1.807) is 0 Å². The quantitative estimate of drug-likeness (QED) is 0.495. The number of rotatable bonds is 2. The molecule has 0 bridgehead atoms. The molecule has 0 unspecified atom stereocenters. The van der Waals surface area contributed by atoms with Gasteiger partial charge >= 0.3 is 0 Å². The summed E-state index contributed by atoms with van der Waals surface area (Å²) in [5, 5.41) is 8.54. The van der Waals surface area contributed by atoms with Crippen molar-refractivity contribution in [3.8, 4) is 21.1 Å². The van der Waals surface area contributed by atoms with Gasteiger partial charge in [-0.05, 0) is 56.1 Å². The molecule has 1 aliphatic heterocycles. The van der Waals surface area contributed by atoms with Crippen LogP contribution in [0.5, 0.6) is 0 Å². The maximum Gasteiger partial charge on any atom is 0.263 e. The number of fused-ring (bicyclic) bond motifs is 1. The first-order chi connectivity index (χ1) is 11.5. The summed E-state index contributed by atoms with van der Waals surface area (Å²) < 4.78 is 1.84. The van der Waals surface area contributed by atoms with E-state index in [2.05, 4.69) is 42.1 Å². The average molecular weight is 485 g/mol. The summed E-state index contributed by atoms with van der Waals surface area (Å²) in [6, 6.07) is 7.47. The molecule has 3 aromatic rings. The number of imide groups is 1. The summed E-state index contributed by atoms with van der Waals surface area (Å²) in [5.74, 6) is -0.692. The zero-order valence-electron chi connectivity index (χ0n) is 12.0. The van der Waals surface area contributed by atoms with E-state index in [1.807, 2.05) is 24.3 Å². The molecule has 1 aliphatic rings. The van der Waals surface area contributed by atoms with Gasteiger partial charge in [0.05, 0.1) is 28.5 Å². The molecule has 0 aromatic carbocycles. The number of nitrogens with zero attached hydrogens (tertiary/aromatic N) is 3. The van der Waals surface area contributed by atoms with Crippen LogP contribution in [0, 0.1) is 0 Å². The molecule has 4 rings (SSSR count). The Morgan fingerprint density at radius 1 is 0.833 bits per heavy atom.